The molecule has 2 N–H and O–H groups in total. The maximum Gasteiger partial charge on any atom is 0.0640 e. The first-order chi connectivity index (χ1) is 6.45. The van der Waals surface area contributed by atoms with Gasteiger partial charge < -0.3 is 5.73 Å². The zero-order valence-electron chi connectivity index (χ0n) is 9.62. The van der Waals surface area contributed by atoms with Crippen LogP contribution >= 0.6 is 0 Å². The summed E-state index contributed by atoms with van der Waals surface area (Å²) in [5.41, 5.74) is 7.43. The monoisotopic (exact) mass is 195 g/mol. The molecule has 0 bridgehead atoms. The van der Waals surface area contributed by atoms with E-state index >= 15 is 0 Å². The van der Waals surface area contributed by atoms with Crippen LogP contribution in [0.3, 0.4) is 0 Å². The van der Waals surface area contributed by atoms with Crippen LogP contribution in [0.25, 0.3) is 0 Å². The second kappa shape index (κ2) is 4.13. The van der Waals surface area contributed by atoms with Gasteiger partial charge in [0.15, 0.2) is 0 Å². The predicted molar refractivity (Wildman–Crippen MR) is 59.0 cm³/mol. The van der Waals surface area contributed by atoms with Crippen LogP contribution in [0.4, 0.5) is 0 Å². The third-order valence-corrected chi connectivity index (χ3v) is 3.11. The molecular weight excluding hydrogens is 174 g/mol. The minimum Gasteiger partial charge on any atom is -0.327 e. The van der Waals surface area contributed by atoms with Gasteiger partial charge in [0.1, 0.15) is 0 Å². The average Bonchev–Trinajstić information content (AvgIpc) is 2.51. The number of rotatable bonds is 4. The maximum atomic E-state index is 6.15. The standard InChI is InChI=1S/C11H21N3/c1-5-11(2,3)10(12)8-9-6-7-14(4)13-9/h6-7,10H,5,8,12H2,1-4H3. The van der Waals surface area contributed by atoms with Gasteiger partial charge in [0.05, 0.1) is 5.69 Å². The number of nitrogens with two attached hydrogens (primary N) is 1. The van der Waals surface area contributed by atoms with Crippen LogP contribution in [-0.2, 0) is 13.5 Å². The minimum absolute atomic E-state index is 0.183. The van der Waals surface area contributed by atoms with Crippen LogP contribution in [0, 0.1) is 5.41 Å². The molecule has 1 aromatic rings. The summed E-state index contributed by atoms with van der Waals surface area (Å²) in [5, 5.41) is 4.34. The molecule has 0 aliphatic heterocycles. The minimum atomic E-state index is 0.183. The number of nitrogens with zero attached hydrogens (tertiary/aromatic N) is 2. The van der Waals surface area contributed by atoms with E-state index in [0.717, 1.165) is 18.5 Å². The van der Waals surface area contributed by atoms with E-state index in [1.54, 1.807) is 0 Å². The number of aryl methyl sites for hydroxylation is 1. The van der Waals surface area contributed by atoms with E-state index in [1.165, 1.54) is 0 Å². The van der Waals surface area contributed by atoms with Gasteiger partial charge in [-0.3, -0.25) is 4.68 Å². The molecule has 0 fully saturated rings. The Bertz CT molecular complexity index is 288. The molecule has 0 aromatic carbocycles. The third-order valence-electron chi connectivity index (χ3n) is 3.11. The molecule has 1 rings (SSSR count). The van der Waals surface area contributed by atoms with Crippen LogP contribution in [-0.4, -0.2) is 15.8 Å². The topological polar surface area (TPSA) is 43.8 Å². The van der Waals surface area contributed by atoms with Crippen LogP contribution in [0.5, 0.6) is 0 Å². The highest BCUT2D eigenvalue weighted by Gasteiger charge is 2.24. The molecule has 0 saturated carbocycles. The molecule has 14 heavy (non-hydrogen) atoms. The number of hydrogen-bond acceptors (Lipinski definition) is 2. The molecule has 3 nitrogen and oxygen atoms in total. The lowest BCUT2D eigenvalue weighted by Gasteiger charge is -2.29. The van der Waals surface area contributed by atoms with E-state index in [9.17, 15) is 0 Å². The zero-order valence-corrected chi connectivity index (χ0v) is 9.62. The molecule has 3 heteroatoms. The van der Waals surface area contributed by atoms with Crippen molar-refractivity contribution in [2.75, 3.05) is 0 Å². The summed E-state index contributed by atoms with van der Waals surface area (Å²) in [6, 6.07) is 2.22. The Morgan fingerprint density at radius 3 is 2.64 bits per heavy atom. The van der Waals surface area contributed by atoms with E-state index in [2.05, 4.69) is 25.9 Å². The third kappa shape index (κ3) is 2.58. The second-order valence-electron chi connectivity index (χ2n) is 4.63. The van der Waals surface area contributed by atoms with Crippen LogP contribution < -0.4 is 5.73 Å². The van der Waals surface area contributed by atoms with Crippen molar-refractivity contribution >= 4 is 0 Å². The molecule has 0 amide bonds. The lowest BCUT2D eigenvalue weighted by atomic mass is 9.80. The summed E-state index contributed by atoms with van der Waals surface area (Å²) in [6.07, 6.45) is 3.92. The fraction of sp³-hybridized carbons (Fsp3) is 0.727. The molecule has 1 aromatic heterocycles. The van der Waals surface area contributed by atoms with E-state index in [4.69, 9.17) is 5.73 Å². The molecule has 0 spiro atoms. The van der Waals surface area contributed by atoms with Crippen LogP contribution in [0.1, 0.15) is 32.9 Å². The van der Waals surface area contributed by atoms with Gasteiger partial charge in [-0.15, -0.1) is 0 Å². The fourth-order valence-corrected chi connectivity index (χ4v) is 1.34. The molecule has 0 aliphatic rings. The SMILES string of the molecule is CCC(C)(C)C(N)Cc1ccn(C)n1. The highest BCUT2D eigenvalue weighted by molar-refractivity contribution is 5.02. The second-order valence-corrected chi connectivity index (χ2v) is 4.63. The van der Waals surface area contributed by atoms with E-state index in [-0.39, 0.29) is 11.5 Å². The first kappa shape index (κ1) is 11.2. The fourth-order valence-electron chi connectivity index (χ4n) is 1.34. The van der Waals surface area contributed by atoms with E-state index in [0.29, 0.717) is 0 Å². The van der Waals surface area contributed by atoms with E-state index < -0.39 is 0 Å². The summed E-state index contributed by atoms with van der Waals surface area (Å²) < 4.78 is 1.82. The van der Waals surface area contributed by atoms with Gasteiger partial charge in [0.25, 0.3) is 0 Å². The molecule has 0 aliphatic carbocycles. The Balaban J connectivity index is 2.61. The van der Waals surface area contributed by atoms with Gasteiger partial charge in [-0.25, -0.2) is 0 Å². The Labute approximate surface area is 86.3 Å². The maximum absolute atomic E-state index is 6.15. The van der Waals surface area contributed by atoms with Gasteiger partial charge in [0.2, 0.25) is 0 Å². The largest absolute Gasteiger partial charge is 0.327 e. The Morgan fingerprint density at radius 2 is 2.21 bits per heavy atom. The quantitative estimate of drug-likeness (QED) is 0.795. The summed E-state index contributed by atoms with van der Waals surface area (Å²) in [7, 11) is 1.93. The highest BCUT2D eigenvalue weighted by Crippen LogP contribution is 2.25. The Hall–Kier alpha value is -0.830. The number of hydrogen-bond donors (Lipinski definition) is 1. The smallest absolute Gasteiger partial charge is 0.0640 e. The van der Waals surface area contributed by atoms with Crippen molar-refractivity contribution < 1.29 is 0 Å². The average molecular weight is 195 g/mol. The van der Waals surface area contributed by atoms with Gasteiger partial charge in [0, 0.05) is 25.7 Å². The molecule has 80 valence electrons. The van der Waals surface area contributed by atoms with Crippen LogP contribution in [0.15, 0.2) is 12.3 Å². The van der Waals surface area contributed by atoms with Crippen molar-refractivity contribution in [3.63, 3.8) is 0 Å². The summed E-state index contributed by atoms with van der Waals surface area (Å²) in [4.78, 5) is 0. The van der Waals surface area contributed by atoms with Crippen molar-refractivity contribution in [1.29, 1.82) is 0 Å². The first-order valence-electron chi connectivity index (χ1n) is 5.20. The molecule has 1 unspecified atom stereocenters. The lowest BCUT2D eigenvalue weighted by molar-refractivity contribution is 0.271. The van der Waals surface area contributed by atoms with Crippen molar-refractivity contribution in [2.24, 2.45) is 18.2 Å². The predicted octanol–water partition coefficient (Wildman–Crippen LogP) is 1.73. The van der Waals surface area contributed by atoms with E-state index in [1.807, 2.05) is 24.0 Å². The van der Waals surface area contributed by atoms with Crippen molar-refractivity contribution in [1.82, 2.24) is 9.78 Å². The molecule has 0 radical (unpaired) electrons. The van der Waals surface area contributed by atoms with Gasteiger partial charge in [-0.1, -0.05) is 20.8 Å². The molecule has 0 saturated heterocycles. The normalized spacial score (nSPS) is 14.4. The Morgan fingerprint density at radius 1 is 1.57 bits per heavy atom. The highest BCUT2D eigenvalue weighted by atomic mass is 15.2. The van der Waals surface area contributed by atoms with Gasteiger partial charge >= 0.3 is 0 Å². The summed E-state index contributed by atoms with van der Waals surface area (Å²) in [5.74, 6) is 0. The van der Waals surface area contributed by atoms with Crippen molar-refractivity contribution in [3.8, 4) is 0 Å². The zero-order chi connectivity index (χ0) is 10.8. The van der Waals surface area contributed by atoms with Crippen molar-refractivity contribution in [3.05, 3.63) is 18.0 Å². The molecule has 1 heterocycles. The van der Waals surface area contributed by atoms with Crippen LogP contribution in [0.2, 0.25) is 0 Å². The lowest BCUT2D eigenvalue weighted by Crippen LogP contribution is -2.38. The van der Waals surface area contributed by atoms with Crippen molar-refractivity contribution in [2.45, 2.75) is 39.7 Å². The number of aromatic nitrogens is 2. The molecular formula is C11H21N3. The summed E-state index contributed by atoms with van der Waals surface area (Å²) >= 11 is 0. The van der Waals surface area contributed by atoms with Gasteiger partial charge in [-0.2, -0.15) is 5.10 Å². The summed E-state index contributed by atoms with van der Waals surface area (Å²) in [6.45, 7) is 6.60. The Kier molecular flexibility index (Phi) is 3.32. The first-order valence-corrected chi connectivity index (χ1v) is 5.20. The van der Waals surface area contributed by atoms with Gasteiger partial charge in [-0.05, 0) is 17.9 Å². The molecule has 1 atom stereocenters.